The minimum absolute atomic E-state index is 0.748. The zero-order valence-electron chi connectivity index (χ0n) is 7.51. The predicted octanol–water partition coefficient (Wildman–Crippen LogP) is 1.74. The second-order valence-corrected chi connectivity index (χ2v) is 3.64. The highest BCUT2D eigenvalue weighted by Crippen LogP contribution is 2.21. The first kappa shape index (κ1) is 8.62. The Morgan fingerprint density at radius 3 is 2.73 bits per heavy atom. The van der Waals surface area contributed by atoms with E-state index in [4.69, 9.17) is 6.42 Å². The molecule has 2 atom stereocenters. The van der Waals surface area contributed by atoms with Crippen molar-refractivity contribution in [3.8, 4) is 12.3 Å². The number of terminal acetylenes is 1. The Kier molecular flexibility index (Phi) is 2.96. The first-order valence-corrected chi connectivity index (χ1v) is 4.41. The summed E-state index contributed by atoms with van der Waals surface area (Å²) < 4.78 is 0. The van der Waals surface area contributed by atoms with Gasteiger partial charge in [-0.05, 0) is 19.3 Å². The van der Waals surface area contributed by atoms with Gasteiger partial charge in [-0.2, -0.15) is 0 Å². The van der Waals surface area contributed by atoms with Crippen LogP contribution in [0.25, 0.3) is 0 Å². The summed E-state index contributed by atoms with van der Waals surface area (Å²) in [6, 6.07) is 0.748. The third kappa shape index (κ3) is 2.24. The summed E-state index contributed by atoms with van der Waals surface area (Å²) in [5.74, 6) is 3.55. The van der Waals surface area contributed by atoms with Crippen molar-refractivity contribution in [3.05, 3.63) is 0 Å². The highest BCUT2D eigenvalue weighted by Gasteiger charge is 2.24. The van der Waals surface area contributed by atoms with Crippen LogP contribution in [-0.4, -0.2) is 24.0 Å². The van der Waals surface area contributed by atoms with E-state index in [1.54, 1.807) is 0 Å². The van der Waals surface area contributed by atoms with Gasteiger partial charge in [-0.3, -0.25) is 4.90 Å². The minimum atomic E-state index is 0.748. The second kappa shape index (κ2) is 3.78. The molecule has 1 saturated heterocycles. The van der Waals surface area contributed by atoms with E-state index in [9.17, 15) is 0 Å². The van der Waals surface area contributed by atoms with Gasteiger partial charge in [0.2, 0.25) is 0 Å². The Hall–Kier alpha value is -0.480. The molecule has 11 heavy (non-hydrogen) atoms. The van der Waals surface area contributed by atoms with Crippen LogP contribution >= 0.6 is 0 Å². The first-order chi connectivity index (χ1) is 5.24. The van der Waals surface area contributed by atoms with Gasteiger partial charge < -0.3 is 0 Å². The van der Waals surface area contributed by atoms with Gasteiger partial charge in [-0.15, -0.1) is 12.3 Å². The van der Waals surface area contributed by atoms with Crippen LogP contribution in [0.15, 0.2) is 0 Å². The molecule has 1 heterocycles. The smallest absolute Gasteiger partial charge is 0.0214 e. The van der Waals surface area contributed by atoms with E-state index in [0.717, 1.165) is 24.9 Å². The van der Waals surface area contributed by atoms with Gasteiger partial charge >= 0.3 is 0 Å². The molecule has 0 aromatic rings. The maximum Gasteiger partial charge on any atom is 0.0214 e. The van der Waals surface area contributed by atoms with Crippen molar-refractivity contribution >= 4 is 0 Å². The van der Waals surface area contributed by atoms with Crippen molar-refractivity contribution in [1.82, 2.24) is 4.90 Å². The molecule has 0 amide bonds. The van der Waals surface area contributed by atoms with Crippen LogP contribution in [0.5, 0.6) is 0 Å². The first-order valence-electron chi connectivity index (χ1n) is 4.41. The van der Waals surface area contributed by atoms with Gasteiger partial charge in [-0.25, -0.2) is 0 Å². The van der Waals surface area contributed by atoms with Gasteiger partial charge in [0.1, 0.15) is 0 Å². The maximum atomic E-state index is 5.21. The quantitative estimate of drug-likeness (QED) is 0.543. The molecule has 62 valence electrons. The number of hydrogen-bond donors (Lipinski definition) is 0. The lowest BCUT2D eigenvalue weighted by molar-refractivity contribution is 0.272. The van der Waals surface area contributed by atoms with Crippen LogP contribution in [0, 0.1) is 18.3 Å². The highest BCUT2D eigenvalue weighted by molar-refractivity contribution is 4.88. The molecule has 1 aliphatic rings. The molecule has 1 rings (SSSR count). The van der Waals surface area contributed by atoms with Gasteiger partial charge in [-0.1, -0.05) is 6.92 Å². The number of hydrogen-bond acceptors (Lipinski definition) is 1. The average molecular weight is 151 g/mol. The molecule has 0 aliphatic carbocycles. The highest BCUT2D eigenvalue weighted by atomic mass is 15.2. The van der Waals surface area contributed by atoms with Crippen LogP contribution in [0.1, 0.15) is 26.7 Å². The van der Waals surface area contributed by atoms with E-state index in [0.29, 0.717) is 0 Å². The fourth-order valence-corrected chi connectivity index (χ4v) is 1.91. The Labute approximate surface area is 69.8 Å². The van der Waals surface area contributed by atoms with E-state index in [1.165, 1.54) is 13.0 Å². The van der Waals surface area contributed by atoms with E-state index >= 15 is 0 Å². The van der Waals surface area contributed by atoms with E-state index < -0.39 is 0 Å². The summed E-state index contributed by atoms with van der Waals surface area (Å²) >= 11 is 0. The lowest BCUT2D eigenvalue weighted by Gasteiger charge is -2.19. The minimum Gasteiger partial charge on any atom is -0.299 e. The summed E-state index contributed by atoms with van der Waals surface area (Å²) in [6.45, 7) is 6.93. The SMILES string of the molecule is C#CCCN1CC(C)CC1C. The van der Waals surface area contributed by atoms with Crippen molar-refractivity contribution in [2.24, 2.45) is 5.92 Å². The van der Waals surface area contributed by atoms with E-state index in [-0.39, 0.29) is 0 Å². The molecule has 0 aromatic carbocycles. The van der Waals surface area contributed by atoms with Crippen LogP contribution in [-0.2, 0) is 0 Å². The molecule has 2 unspecified atom stereocenters. The maximum absolute atomic E-state index is 5.21. The van der Waals surface area contributed by atoms with Crippen LogP contribution in [0.2, 0.25) is 0 Å². The Balaban J connectivity index is 2.30. The lowest BCUT2D eigenvalue weighted by Crippen LogP contribution is -2.27. The lowest BCUT2D eigenvalue weighted by atomic mass is 10.1. The second-order valence-electron chi connectivity index (χ2n) is 3.64. The molecule has 0 N–H and O–H groups in total. The number of likely N-dealkylation sites (tertiary alicyclic amines) is 1. The van der Waals surface area contributed by atoms with Crippen LogP contribution in [0.3, 0.4) is 0 Å². The molecule has 0 bridgehead atoms. The predicted molar refractivity (Wildman–Crippen MR) is 48.3 cm³/mol. The number of rotatable bonds is 2. The fourth-order valence-electron chi connectivity index (χ4n) is 1.91. The molecule has 0 spiro atoms. The van der Waals surface area contributed by atoms with Crippen molar-refractivity contribution in [1.29, 1.82) is 0 Å². The molecule has 0 radical (unpaired) electrons. The van der Waals surface area contributed by atoms with E-state index in [2.05, 4.69) is 24.7 Å². The Morgan fingerprint density at radius 1 is 1.55 bits per heavy atom. The molecule has 1 heteroatoms. The van der Waals surface area contributed by atoms with Crippen molar-refractivity contribution in [2.45, 2.75) is 32.7 Å². The summed E-state index contributed by atoms with van der Waals surface area (Å²) in [4.78, 5) is 2.49. The fraction of sp³-hybridized carbons (Fsp3) is 0.800. The molecule has 1 nitrogen and oxygen atoms in total. The van der Waals surface area contributed by atoms with Gasteiger partial charge in [0.15, 0.2) is 0 Å². The summed E-state index contributed by atoms with van der Waals surface area (Å²) in [6.07, 6.45) is 7.45. The van der Waals surface area contributed by atoms with Crippen molar-refractivity contribution in [2.75, 3.05) is 13.1 Å². The summed E-state index contributed by atoms with van der Waals surface area (Å²) in [7, 11) is 0. The van der Waals surface area contributed by atoms with Crippen molar-refractivity contribution < 1.29 is 0 Å². The standard InChI is InChI=1S/C10H17N/c1-4-5-6-11-8-9(2)7-10(11)3/h1,9-10H,5-8H2,2-3H3. The zero-order chi connectivity index (χ0) is 8.27. The Morgan fingerprint density at radius 2 is 2.27 bits per heavy atom. The van der Waals surface area contributed by atoms with Crippen molar-refractivity contribution in [3.63, 3.8) is 0 Å². The third-order valence-electron chi connectivity index (χ3n) is 2.46. The van der Waals surface area contributed by atoms with Gasteiger partial charge in [0.25, 0.3) is 0 Å². The van der Waals surface area contributed by atoms with E-state index in [1.807, 2.05) is 0 Å². The summed E-state index contributed by atoms with van der Waals surface area (Å²) in [5.41, 5.74) is 0. The topological polar surface area (TPSA) is 3.24 Å². The molecule has 1 fully saturated rings. The molecular weight excluding hydrogens is 134 g/mol. The molecule has 1 aliphatic heterocycles. The average Bonchev–Trinajstić information content (AvgIpc) is 2.26. The normalized spacial score (nSPS) is 32.1. The monoisotopic (exact) mass is 151 g/mol. The van der Waals surface area contributed by atoms with Gasteiger partial charge in [0, 0.05) is 25.6 Å². The zero-order valence-corrected chi connectivity index (χ0v) is 7.51. The van der Waals surface area contributed by atoms with Gasteiger partial charge in [0.05, 0.1) is 0 Å². The van der Waals surface area contributed by atoms with Crippen LogP contribution < -0.4 is 0 Å². The molecule has 0 saturated carbocycles. The Bertz CT molecular complexity index is 157. The largest absolute Gasteiger partial charge is 0.299 e. The molecule has 0 aromatic heterocycles. The van der Waals surface area contributed by atoms with Crippen LogP contribution in [0.4, 0.5) is 0 Å². The molecular formula is C10H17N. The third-order valence-corrected chi connectivity index (χ3v) is 2.46. The number of nitrogens with zero attached hydrogens (tertiary/aromatic N) is 1. The summed E-state index contributed by atoms with van der Waals surface area (Å²) in [5, 5.41) is 0.